The molecule has 3 nitrogen and oxygen atoms in total. The highest BCUT2D eigenvalue weighted by Crippen LogP contribution is 2.17. The van der Waals surface area contributed by atoms with Crippen LogP contribution in [0.1, 0.15) is 12.5 Å². The van der Waals surface area contributed by atoms with Crippen molar-refractivity contribution >= 4 is 23.6 Å². The van der Waals surface area contributed by atoms with Gasteiger partial charge in [0, 0.05) is 32.3 Å². The maximum Gasteiger partial charge on any atom is 0.246 e. The van der Waals surface area contributed by atoms with Crippen LogP contribution in [0.15, 0.2) is 24.3 Å². The van der Waals surface area contributed by atoms with Gasteiger partial charge in [0.2, 0.25) is 5.91 Å². The lowest BCUT2D eigenvalue weighted by molar-refractivity contribution is -0.127. The molecule has 0 atom stereocenters. The van der Waals surface area contributed by atoms with Crippen molar-refractivity contribution in [1.82, 2.24) is 9.80 Å². The van der Waals surface area contributed by atoms with Crippen LogP contribution < -0.4 is 0 Å². The van der Waals surface area contributed by atoms with Crippen molar-refractivity contribution in [2.24, 2.45) is 0 Å². The second-order valence-electron chi connectivity index (χ2n) is 4.77. The highest BCUT2D eigenvalue weighted by Gasteiger charge is 2.18. The Hall–Kier alpha value is -1.39. The molecular weight excluding hydrogens is 279 g/mol. The number of piperazine rings is 1. The third kappa shape index (κ3) is 3.81. The molecule has 1 saturated heterocycles. The summed E-state index contributed by atoms with van der Waals surface area (Å²) in [7, 11) is 0. The van der Waals surface area contributed by atoms with Crippen LogP contribution in [-0.2, 0) is 4.79 Å². The van der Waals surface area contributed by atoms with E-state index in [-0.39, 0.29) is 10.9 Å². The molecule has 108 valence electrons. The van der Waals surface area contributed by atoms with Gasteiger partial charge in [-0.15, -0.1) is 0 Å². The number of carbonyl (C=O) groups excluding carboxylic acids is 1. The van der Waals surface area contributed by atoms with Crippen LogP contribution in [0.3, 0.4) is 0 Å². The summed E-state index contributed by atoms with van der Waals surface area (Å²) in [5.74, 6) is -0.466. The minimum absolute atomic E-state index is 0.0128. The third-order valence-electron chi connectivity index (χ3n) is 3.49. The van der Waals surface area contributed by atoms with E-state index in [9.17, 15) is 9.18 Å². The second-order valence-corrected chi connectivity index (χ2v) is 5.17. The van der Waals surface area contributed by atoms with E-state index in [1.54, 1.807) is 12.1 Å². The minimum atomic E-state index is -0.453. The van der Waals surface area contributed by atoms with E-state index in [1.807, 2.05) is 4.90 Å². The first-order chi connectivity index (χ1) is 9.60. The molecule has 1 aromatic rings. The zero-order valence-electron chi connectivity index (χ0n) is 11.5. The molecule has 1 fully saturated rings. The van der Waals surface area contributed by atoms with E-state index in [0.717, 1.165) is 38.3 Å². The van der Waals surface area contributed by atoms with Gasteiger partial charge in [-0.1, -0.05) is 24.6 Å². The van der Waals surface area contributed by atoms with E-state index < -0.39 is 5.82 Å². The molecule has 1 aromatic carbocycles. The van der Waals surface area contributed by atoms with Gasteiger partial charge in [-0.2, -0.15) is 0 Å². The molecule has 1 aliphatic rings. The van der Waals surface area contributed by atoms with Gasteiger partial charge < -0.3 is 9.80 Å². The molecule has 0 unspecified atom stereocenters. The summed E-state index contributed by atoms with van der Waals surface area (Å²) < 4.78 is 13.0. The average molecular weight is 297 g/mol. The molecular formula is C15H18ClFN2O. The van der Waals surface area contributed by atoms with Gasteiger partial charge in [-0.3, -0.25) is 4.79 Å². The molecule has 0 bridgehead atoms. The van der Waals surface area contributed by atoms with Gasteiger partial charge in [-0.25, -0.2) is 4.39 Å². The van der Waals surface area contributed by atoms with Crippen molar-refractivity contribution in [3.05, 3.63) is 40.7 Å². The monoisotopic (exact) mass is 296 g/mol. The molecule has 0 saturated carbocycles. The molecule has 0 N–H and O–H groups in total. The predicted molar refractivity (Wildman–Crippen MR) is 79.1 cm³/mol. The molecule has 0 spiro atoms. The fourth-order valence-electron chi connectivity index (χ4n) is 2.17. The molecule has 20 heavy (non-hydrogen) atoms. The molecule has 2 rings (SSSR count). The van der Waals surface area contributed by atoms with Gasteiger partial charge in [0.15, 0.2) is 0 Å². The van der Waals surface area contributed by atoms with Gasteiger partial charge in [0.1, 0.15) is 5.82 Å². The first kappa shape index (κ1) is 15.0. The van der Waals surface area contributed by atoms with E-state index in [4.69, 9.17) is 11.6 Å². The first-order valence-electron chi connectivity index (χ1n) is 6.74. The fourth-order valence-corrected chi connectivity index (χ4v) is 2.36. The fraction of sp³-hybridized carbons (Fsp3) is 0.400. The minimum Gasteiger partial charge on any atom is -0.337 e. The average Bonchev–Trinajstić information content (AvgIpc) is 2.48. The smallest absolute Gasteiger partial charge is 0.246 e. The standard InChI is InChI=1S/C15H18ClFN2O/c1-2-18-7-9-19(10-8-18)15(20)6-4-12-3-5-14(17)13(16)11-12/h3-6,11H,2,7-10H2,1H3. The third-order valence-corrected chi connectivity index (χ3v) is 3.78. The lowest BCUT2D eigenvalue weighted by Crippen LogP contribution is -2.48. The summed E-state index contributed by atoms with van der Waals surface area (Å²) in [6, 6.07) is 4.40. The molecule has 5 heteroatoms. The van der Waals surface area contributed by atoms with Gasteiger partial charge in [-0.05, 0) is 30.3 Å². The number of nitrogens with zero attached hydrogens (tertiary/aromatic N) is 2. The lowest BCUT2D eigenvalue weighted by Gasteiger charge is -2.33. The Bertz CT molecular complexity index is 511. The quantitative estimate of drug-likeness (QED) is 0.801. The van der Waals surface area contributed by atoms with Crippen LogP contribution in [0, 0.1) is 5.82 Å². The number of hydrogen-bond donors (Lipinski definition) is 0. The molecule has 0 aliphatic carbocycles. The van der Waals surface area contributed by atoms with Crippen LogP contribution in [0.4, 0.5) is 4.39 Å². The number of rotatable bonds is 3. The summed E-state index contributed by atoms with van der Waals surface area (Å²) in [4.78, 5) is 16.2. The zero-order chi connectivity index (χ0) is 14.5. The van der Waals surface area contributed by atoms with E-state index in [2.05, 4.69) is 11.8 Å². The first-order valence-corrected chi connectivity index (χ1v) is 7.12. The van der Waals surface area contributed by atoms with Gasteiger partial charge >= 0.3 is 0 Å². The van der Waals surface area contributed by atoms with Crippen molar-refractivity contribution in [2.75, 3.05) is 32.7 Å². The number of benzene rings is 1. The summed E-state index contributed by atoms with van der Waals surface area (Å²) in [5, 5.41) is 0.0659. The molecule has 0 aromatic heterocycles. The van der Waals surface area contributed by atoms with Crippen LogP contribution >= 0.6 is 11.6 Å². The van der Waals surface area contributed by atoms with E-state index in [0.29, 0.717) is 0 Å². The molecule has 0 radical (unpaired) electrons. The summed E-state index contributed by atoms with van der Waals surface area (Å²) in [5.41, 5.74) is 0.719. The van der Waals surface area contributed by atoms with E-state index in [1.165, 1.54) is 18.2 Å². The van der Waals surface area contributed by atoms with Crippen molar-refractivity contribution in [2.45, 2.75) is 6.92 Å². The van der Waals surface area contributed by atoms with Gasteiger partial charge in [0.05, 0.1) is 5.02 Å². The van der Waals surface area contributed by atoms with Crippen LogP contribution in [0.25, 0.3) is 6.08 Å². The van der Waals surface area contributed by atoms with Crippen LogP contribution in [-0.4, -0.2) is 48.4 Å². The van der Waals surface area contributed by atoms with Crippen molar-refractivity contribution in [3.63, 3.8) is 0 Å². The number of hydrogen-bond acceptors (Lipinski definition) is 2. The highest BCUT2D eigenvalue weighted by atomic mass is 35.5. The van der Waals surface area contributed by atoms with Crippen LogP contribution in [0.2, 0.25) is 5.02 Å². The highest BCUT2D eigenvalue weighted by molar-refractivity contribution is 6.30. The van der Waals surface area contributed by atoms with Crippen molar-refractivity contribution in [3.8, 4) is 0 Å². The second kappa shape index (κ2) is 6.86. The Kier molecular flexibility index (Phi) is 5.15. The van der Waals surface area contributed by atoms with Crippen molar-refractivity contribution in [1.29, 1.82) is 0 Å². The molecule has 1 aliphatic heterocycles. The molecule has 1 amide bonds. The number of carbonyl (C=O) groups is 1. The Morgan fingerprint density at radius 2 is 2.05 bits per heavy atom. The zero-order valence-corrected chi connectivity index (χ0v) is 12.2. The SMILES string of the molecule is CCN1CCN(C(=O)C=Cc2ccc(F)c(Cl)c2)CC1. The van der Waals surface area contributed by atoms with E-state index >= 15 is 0 Å². The van der Waals surface area contributed by atoms with Crippen molar-refractivity contribution < 1.29 is 9.18 Å². The molecule has 1 heterocycles. The largest absolute Gasteiger partial charge is 0.337 e. The lowest BCUT2D eigenvalue weighted by atomic mass is 10.2. The Morgan fingerprint density at radius 1 is 1.35 bits per heavy atom. The summed E-state index contributed by atoms with van der Waals surface area (Å²) >= 11 is 5.70. The number of amides is 1. The Labute approximate surface area is 123 Å². The van der Waals surface area contributed by atoms with Crippen LogP contribution in [0.5, 0.6) is 0 Å². The Morgan fingerprint density at radius 3 is 2.65 bits per heavy atom. The summed E-state index contributed by atoms with van der Waals surface area (Å²) in [6.07, 6.45) is 3.19. The predicted octanol–water partition coefficient (Wildman–Crippen LogP) is 2.66. The summed E-state index contributed by atoms with van der Waals surface area (Å²) in [6.45, 7) is 6.47. The topological polar surface area (TPSA) is 23.6 Å². The normalized spacial score (nSPS) is 16.9. The number of halogens is 2. The van der Waals surface area contributed by atoms with Gasteiger partial charge in [0.25, 0.3) is 0 Å². The maximum atomic E-state index is 13.0. The number of likely N-dealkylation sites (N-methyl/N-ethyl adjacent to an activating group) is 1. The maximum absolute atomic E-state index is 13.0. The Balaban J connectivity index is 1.94.